The van der Waals surface area contributed by atoms with Gasteiger partial charge in [0.2, 0.25) is 0 Å². The van der Waals surface area contributed by atoms with Crippen LogP contribution < -0.4 is 5.32 Å². The number of allylic oxidation sites excluding steroid dienone is 1. The molecule has 0 bridgehead atoms. The van der Waals surface area contributed by atoms with Gasteiger partial charge in [-0.1, -0.05) is 33.4 Å². The van der Waals surface area contributed by atoms with Gasteiger partial charge in [0.25, 0.3) is 0 Å². The molecule has 0 aromatic rings. The summed E-state index contributed by atoms with van der Waals surface area (Å²) in [4.78, 5) is 0. The third-order valence-corrected chi connectivity index (χ3v) is 3.50. The molecule has 1 rings (SSSR count). The van der Waals surface area contributed by atoms with Gasteiger partial charge in [-0.05, 0) is 39.0 Å². The van der Waals surface area contributed by atoms with Crippen LogP contribution >= 0.6 is 0 Å². The smallest absolute Gasteiger partial charge is 0.0772 e. The summed E-state index contributed by atoms with van der Waals surface area (Å²) in [6, 6.07) is 0.623. The predicted octanol–water partition coefficient (Wildman–Crippen LogP) is 3.12. The van der Waals surface area contributed by atoms with Gasteiger partial charge in [0.15, 0.2) is 0 Å². The summed E-state index contributed by atoms with van der Waals surface area (Å²) >= 11 is 0. The van der Waals surface area contributed by atoms with E-state index in [1.54, 1.807) is 0 Å². The van der Waals surface area contributed by atoms with Gasteiger partial charge < -0.3 is 10.4 Å². The fourth-order valence-corrected chi connectivity index (χ4v) is 2.39. The van der Waals surface area contributed by atoms with Gasteiger partial charge in [-0.2, -0.15) is 0 Å². The molecule has 16 heavy (non-hydrogen) atoms. The SMILES string of the molecule is C.C=C(C)[C@@H]1CC[C@](C)(O)[C@@H](NC(C)C)C1. The van der Waals surface area contributed by atoms with Crippen LogP contribution in [0.1, 0.15) is 54.4 Å². The van der Waals surface area contributed by atoms with Gasteiger partial charge >= 0.3 is 0 Å². The molecule has 1 fully saturated rings. The predicted molar refractivity (Wildman–Crippen MR) is 71.6 cm³/mol. The zero-order chi connectivity index (χ0) is 11.6. The maximum absolute atomic E-state index is 10.3. The monoisotopic (exact) mass is 227 g/mol. The van der Waals surface area contributed by atoms with Crippen molar-refractivity contribution in [3.63, 3.8) is 0 Å². The largest absolute Gasteiger partial charge is 0.389 e. The molecule has 0 aromatic heterocycles. The highest BCUT2D eigenvalue weighted by atomic mass is 16.3. The Kier molecular flexibility index (Phi) is 5.71. The van der Waals surface area contributed by atoms with Crippen molar-refractivity contribution in [2.45, 2.75) is 72.1 Å². The molecule has 0 aliphatic heterocycles. The second-order valence-electron chi connectivity index (χ2n) is 5.55. The first-order valence-electron chi connectivity index (χ1n) is 5.96. The minimum atomic E-state index is -0.559. The Hall–Kier alpha value is -0.340. The van der Waals surface area contributed by atoms with Crippen molar-refractivity contribution in [2.24, 2.45) is 5.92 Å². The van der Waals surface area contributed by atoms with Crippen LogP contribution in [0.4, 0.5) is 0 Å². The Morgan fingerprint density at radius 1 is 1.50 bits per heavy atom. The molecule has 0 saturated heterocycles. The molecule has 0 unspecified atom stereocenters. The molecule has 3 atom stereocenters. The van der Waals surface area contributed by atoms with E-state index in [1.165, 1.54) is 5.57 Å². The number of nitrogens with one attached hydrogen (secondary N) is 1. The van der Waals surface area contributed by atoms with Crippen molar-refractivity contribution in [3.05, 3.63) is 12.2 Å². The molecule has 1 aliphatic rings. The Morgan fingerprint density at radius 2 is 2.06 bits per heavy atom. The molecule has 0 heterocycles. The molecule has 2 nitrogen and oxygen atoms in total. The summed E-state index contributed by atoms with van der Waals surface area (Å²) in [5.41, 5.74) is 0.692. The van der Waals surface area contributed by atoms with E-state index in [-0.39, 0.29) is 13.5 Å². The minimum absolute atomic E-state index is 0. The van der Waals surface area contributed by atoms with Crippen LogP contribution in [0.15, 0.2) is 12.2 Å². The average Bonchev–Trinajstić information content (AvgIpc) is 2.07. The van der Waals surface area contributed by atoms with Crippen LogP contribution in [0.3, 0.4) is 0 Å². The molecular formula is C14H29NO. The lowest BCUT2D eigenvalue weighted by Crippen LogP contribution is -2.54. The van der Waals surface area contributed by atoms with E-state index in [0.717, 1.165) is 19.3 Å². The van der Waals surface area contributed by atoms with Crippen LogP contribution in [-0.4, -0.2) is 22.8 Å². The third-order valence-electron chi connectivity index (χ3n) is 3.50. The normalized spacial score (nSPS) is 34.6. The molecule has 96 valence electrons. The lowest BCUT2D eigenvalue weighted by Gasteiger charge is -2.42. The molecule has 2 N–H and O–H groups in total. The van der Waals surface area contributed by atoms with Crippen LogP contribution in [0.2, 0.25) is 0 Å². The van der Waals surface area contributed by atoms with Gasteiger partial charge in [-0.25, -0.2) is 0 Å². The van der Waals surface area contributed by atoms with E-state index in [9.17, 15) is 5.11 Å². The van der Waals surface area contributed by atoms with E-state index in [2.05, 4.69) is 32.7 Å². The van der Waals surface area contributed by atoms with Gasteiger partial charge in [0.05, 0.1) is 5.60 Å². The van der Waals surface area contributed by atoms with Crippen molar-refractivity contribution in [2.75, 3.05) is 0 Å². The van der Waals surface area contributed by atoms with Crippen molar-refractivity contribution in [1.29, 1.82) is 0 Å². The second kappa shape index (κ2) is 5.83. The molecule has 2 heteroatoms. The molecule has 0 radical (unpaired) electrons. The maximum atomic E-state index is 10.3. The van der Waals surface area contributed by atoms with E-state index >= 15 is 0 Å². The molecule has 0 aromatic carbocycles. The standard InChI is InChI=1S/C13H25NO.CH4/c1-9(2)11-6-7-13(5,15)12(8-11)14-10(3)4;/h10-12,14-15H,1,6-8H2,2-5H3;1H4/t11-,12+,13+;/m1./s1. The van der Waals surface area contributed by atoms with Crippen molar-refractivity contribution < 1.29 is 5.11 Å². The summed E-state index contributed by atoms with van der Waals surface area (Å²) in [7, 11) is 0. The van der Waals surface area contributed by atoms with E-state index in [1.807, 2.05) is 6.92 Å². The van der Waals surface area contributed by atoms with Gasteiger partial charge in [0, 0.05) is 12.1 Å². The van der Waals surface area contributed by atoms with E-state index in [0.29, 0.717) is 12.0 Å². The Labute approximate surface area is 101 Å². The summed E-state index contributed by atoms with van der Waals surface area (Å²) in [5, 5.41) is 13.8. The fourth-order valence-electron chi connectivity index (χ4n) is 2.39. The number of hydrogen-bond donors (Lipinski definition) is 2. The molecule has 1 saturated carbocycles. The highest BCUT2D eigenvalue weighted by Gasteiger charge is 2.38. The van der Waals surface area contributed by atoms with Crippen LogP contribution in [0, 0.1) is 5.92 Å². The minimum Gasteiger partial charge on any atom is -0.389 e. The van der Waals surface area contributed by atoms with Gasteiger partial charge in [0.1, 0.15) is 0 Å². The quantitative estimate of drug-likeness (QED) is 0.726. The topological polar surface area (TPSA) is 32.3 Å². The first kappa shape index (κ1) is 15.7. The van der Waals surface area contributed by atoms with Crippen LogP contribution in [-0.2, 0) is 0 Å². The van der Waals surface area contributed by atoms with E-state index < -0.39 is 5.60 Å². The summed E-state index contributed by atoms with van der Waals surface area (Å²) in [6.07, 6.45) is 2.95. The number of aliphatic hydroxyl groups is 1. The first-order chi connectivity index (χ1) is 6.83. The maximum Gasteiger partial charge on any atom is 0.0772 e. The van der Waals surface area contributed by atoms with Crippen molar-refractivity contribution in [3.8, 4) is 0 Å². The summed E-state index contributed by atoms with van der Waals surface area (Å²) in [5.74, 6) is 0.571. The number of hydrogen-bond acceptors (Lipinski definition) is 2. The first-order valence-corrected chi connectivity index (χ1v) is 5.96. The highest BCUT2D eigenvalue weighted by Crippen LogP contribution is 2.35. The molecule has 1 aliphatic carbocycles. The summed E-state index contributed by atoms with van der Waals surface area (Å²) < 4.78 is 0. The average molecular weight is 227 g/mol. The molecule has 0 amide bonds. The Bertz CT molecular complexity index is 233. The van der Waals surface area contributed by atoms with Crippen molar-refractivity contribution in [1.82, 2.24) is 5.32 Å². The highest BCUT2D eigenvalue weighted by molar-refractivity contribution is 5.05. The zero-order valence-corrected chi connectivity index (χ0v) is 10.5. The van der Waals surface area contributed by atoms with Crippen LogP contribution in [0.25, 0.3) is 0 Å². The Morgan fingerprint density at radius 3 is 2.50 bits per heavy atom. The van der Waals surface area contributed by atoms with E-state index in [4.69, 9.17) is 0 Å². The zero-order valence-electron chi connectivity index (χ0n) is 10.5. The lowest BCUT2D eigenvalue weighted by atomic mass is 9.74. The van der Waals surface area contributed by atoms with Crippen LogP contribution in [0.5, 0.6) is 0 Å². The summed E-state index contributed by atoms with van der Waals surface area (Å²) in [6.45, 7) is 12.3. The fraction of sp³-hybridized carbons (Fsp3) is 0.857. The third kappa shape index (κ3) is 3.91. The molecular weight excluding hydrogens is 198 g/mol. The Balaban J connectivity index is 0.00000225. The number of rotatable bonds is 3. The second-order valence-corrected chi connectivity index (χ2v) is 5.55. The van der Waals surface area contributed by atoms with Crippen molar-refractivity contribution >= 4 is 0 Å². The lowest BCUT2D eigenvalue weighted by molar-refractivity contribution is -0.0225. The molecule has 0 spiro atoms. The van der Waals surface area contributed by atoms with Gasteiger partial charge in [-0.15, -0.1) is 0 Å². The van der Waals surface area contributed by atoms with Gasteiger partial charge in [-0.3, -0.25) is 0 Å².